The first kappa shape index (κ1) is 9.74. The summed E-state index contributed by atoms with van der Waals surface area (Å²) in [6, 6.07) is 4.66. The van der Waals surface area contributed by atoms with Crippen LogP contribution in [0, 0.1) is 0 Å². The molecule has 2 unspecified atom stereocenters. The Labute approximate surface area is 84.9 Å². The van der Waals surface area contributed by atoms with Gasteiger partial charge in [0, 0.05) is 12.6 Å². The average Bonchev–Trinajstić information content (AvgIpc) is 2.69. The fourth-order valence-electron chi connectivity index (χ4n) is 2.10. The van der Waals surface area contributed by atoms with Crippen LogP contribution < -0.4 is 5.73 Å². The van der Waals surface area contributed by atoms with Crippen molar-refractivity contribution in [2.24, 2.45) is 5.73 Å². The summed E-state index contributed by atoms with van der Waals surface area (Å²) in [5.74, 6) is 1.04. The molecule has 1 fully saturated rings. The van der Waals surface area contributed by atoms with Crippen LogP contribution >= 0.6 is 0 Å². The first-order valence-electron chi connectivity index (χ1n) is 5.30. The van der Waals surface area contributed by atoms with Crippen molar-refractivity contribution < 1.29 is 4.42 Å². The zero-order valence-corrected chi connectivity index (χ0v) is 8.65. The van der Waals surface area contributed by atoms with Gasteiger partial charge in [-0.25, -0.2) is 0 Å². The molecule has 0 amide bonds. The van der Waals surface area contributed by atoms with Crippen molar-refractivity contribution in [3.8, 4) is 0 Å². The van der Waals surface area contributed by atoms with Gasteiger partial charge in [0.05, 0.1) is 12.3 Å². The highest BCUT2D eigenvalue weighted by atomic mass is 16.3. The minimum atomic E-state index is 0.334. The summed E-state index contributed by atoms with van der Waals surface area (Å²) in [4.78, 5) is 2.40. The molecule has 2 rings (SSSR count). The van der Waals surface area contributed by atoms with Gasteiger partial charge in [-0.05, 0) is 38.4 Å². The third-order valence-electron chi connectivity index (χ3n) is 2.99. The standard InChI is InChI=1S/C11H18N2O/c1-9(11-5-3-7-14-11)13-6-2-4-10(12)8-13/h3,5,7,9-10H,2,4,6,8,12H2,1H3. The summed E-state index contributed by atoms with van der Waals surface area (Å²) in [5, 5.41) is 0. The zero-order chi connectivity index (χ0) is 9.97. The molecule has 1 aromatic rings. The summed E-state index contributed by atoms with van der Waals surface area (Å²) in [6.07, 6.45) is 4.09. The molecule has 14 heavy (non-hydrogen) atoms. The molecule has 1 aliphatic heterocycles. The lowest BCUT2D eigenvalue weighted by molar-refractivity contribution is 0.144. The minimum absolute atomic E-state index is 0.334. The van der Waals surface area contributed by atoms with Crippen LogP contribution in [0.15, 0.2) is 22.8 Å². The van der Waals surface area contributed by atoms with Crippen molar-refractivity contribution in [3.05, 3.63) is 24.2 Å². The molecular weight excluding hydrogens is 176 g/mol. The lowest BCUT2D eigenvalue weighted by Gasteiger charge is -2.34. The normalized spacial score (nSPS) is 26.3. The van der Waals surface area contributed by atoms with Gasteiger partial charge in [-0.2, -0.15) is 0 Å². The van der Waals surface area contributed by atoms with E-state index in [1.807, 2.05) is 12.1 Å². The molecule has 0 spiro atoms. The SMILES string of the molecule is CC(c1ccco1)N1CCCC(N)C1. The molecule has 1 aromatic heterocycles. The van der Waals surface area contributed by atoms with Crippen molar-refractivity contribution in [3.63, 3.8) is 0 Å². The van der Waals surface area contributed by atoms with Crippen LogP contribution in [0.25, 0.3) is 0 Å². The molecule has 2 atom stereocenters. The number of hydrogen-bond donors (Lipinski definition) is 1. The molecule has 78 valence electrons. The fraction of sp³-hybridized carbons (Fsp3) is 0.636. The van der Waals surface area contributed by atoms with Crippen molar-refractivity contribution in [2.45, 2.75) is 31.8 Å². The van der Waals surface area contributed by atoms with Crippen molar-refractivity contribution in [1.82, 2.24) is 4.90 Å². The number of nitrogens with two attached hydrogens (primary N) is 1. The van der Waals surface area contributed by atoms with Crippen LogP contribution in [0.2, 0.25) is 0 Å². The predicted octanol–water partition coefficient (Wildman–Crippen LogP) is 1.76. The van der Waals surface area contributed by atoms with Gasteiger partial charge < -0.3 is 10.2 Å². The Morgan fingerprint density at radius 3 is 3.14 bits per heavy atom. The maximum absolute atomic E-state index is 5.94. The third kappa shape index (κ3) is 1.99. The minimum Gasteiger partial charge on any atom is -0.468 e. The maximum atomic E-state index is 5.94. The van der Waals surface area contributed by atoms with Crippen LogP contribution in [-0.2, 0) is 0 Å². The molecule has 0 bridgehead atoms. The van der Waals surface area contributed by atoms with Crippen LogP contribution in [0.4, 0.5) is 0 Å². The Morgan fingerprint density at radius 2 is 2.50 bits per heavy atom. The summed E-state index contributed by atoms with van der Waals surface area (Å²) >= 11 is 0. The van der Waals surface area contributed by atoms with E-state index in [9.17, 15) is 0 Å². The molecule has 2 N–H and O–H groups in total. The average molecular weight is 194 g/mol. The van der Waals surface area contributed by atoms with Gasteiger partial charge in [-0.3, -0.25) is 4.90 Å². The van der Waals surface area contributed by atoms with E-state index in [1.54, 1.807) is 6.26 Å². The highest BCUT2D eigenvalue weighted by Crippen LogP contribution is 2.23. The van der Waals surface area contributed by atoms with E-state index >= 15 is 0 Å². The molecule has 3 nitrogen and oxygen atoms in total. The van der Waals surface area contributed by atoms with E-state index in [0.717, 1.165) is 25.3 Å². The first-order chi connectivity index (χ1) is 6.77. The van der Waals surface area contributed by atoms with E-state index in [0.29, 0.717) is 12.1 Å². The third-order valence-corrected chi connectivity index (χ3v) is 2.99. The van der Waals surface area contributed by atoms with Gasteiger partial charge in [0.1, 0.15) is 5.76 Å². The van der Waals surface area contributed by atoms with E-state index in [1.165, 1.54) is 6.42 Å². The smallest absolute Gasteiger partial charge is 0.120 e. The Morgan fingerprint density at radius 1 is 1.64 bits per heavy atom. The maximum Gasteiger partial charge on any atom is 0.120 e. The lowest BCUT2D eigenvalue weighted by atomic mass is 10.0. The van der Waals surface area contributed by atoms with Crippen molar-refractivity contribution in [2.75, 3.05) is 13.1 Å². The van der Waals surface area contributed by atoms with Gasteiger partial charge in [-0.15, -0.1) is 0 Å². The van der Waals surface area contributed by atoms with Crippen LogP contribution in [0.3, 0.4) is 0 Å². The van der Waals surface area contributed by atoms with E-state index in [-0.39, 0.29) is 0 Å². The molecule has 2 heterocycles. The topological polar surface area (TPSA) is 42.4 Å². The zero-order valence-electron chi connectivity index (χ0n) is 8.65. The largest absolute Gasteiger partial charge is 0.468 e. The highest BCUT2D eigenvalue weighted by Gasteiger charge is 2.23. The molecule has 0 saturated carbocycles. The van der Waals surface area contributed by atoms with Crippen molar-refractivity contribution in [1.29, 1.82) is 0 Å². The van der Waals surface area contributed by atoms with Gasteiger partial charge in [-0.1, -0.05) is 0 Å². The van der Waals surface area contributed by atoms with Gasteiger partial charge in [0.2, 0.25) is 0 Å². The fourth-order valence-corrected chi connectivity index (χ4v) is 2.10. The lowest BCUT2D eigenvalue weighted by Crippen LogP contribution is -2.43. The molecule has 3 heteroatoms. The van der Waals surface area contributed by atoms with E-state index in [4.69, 9.17) is 10.2 Å². The summed E-state index contributed by atoms with van der Waals surface area (Å²) < 4.78 is 5.40. The Hall–Kier alpha value is -0.800. The monoisotopic (exact) mass is 194 g/mol. The quantitative estimate of drug-likeness (QED) is 0.780. The Balaban J connectivity index is 2.00. The summed E-state index contributed by atoms with van der Waals surface area (Å²) in [5.41, 5.74) is 5.94. The first-order valence-corrected chi connectivity index (χ1v) is 5.30. The Kier molecular flexibility index (Phi) is 2.89. The van der Waals surface area contributed by atoms with Crippen molar-refractivity contribution >= 4 is 0 Å². The second kappa shape index (κ2) is 4.15. The van der Waals surface area contributed by atoms with Gasteiger partial charge in [0.15, 0.2) is 0 Å². The van der Waals surface area contributed by atoms with Gasteiger partial charge >= 0.3 is 0 Å². The molecule has 0 radical (unpaired) electrons. The van der Waals surface area contributed by atoms with E-state index in [2.05, 4.69) is 11.8 Å². The molecule has 1 saturated heterocycles. The number of furan rings is 1. The summed E-state index contributed by atoms with van der Waals surface area (Å²) in [7, 11) is 0. The summed E-state index contributed by atoms with van der Waals surface area (Å²) in [6.45, 7) is 4.30. The van der Waals surface area contributed by atoms with Crippen LogP contribution in [0.5, 0.6) is 0 Å². The highest BCUT2D eigenvalue weighted by molar-refractivity contribution is 5.04. The molecular formula is C11H18N2O. The number of hydrogen-bond acceptors (Lipinski definition) is 3. The molecule has 1 aliphatic rings. The molecule has 0 aliphatic carbocycles. The second-order valence-electron chi connectivity index (χ2n) is 4.09. The van der Waals surface area contributed by atoms with E-state index < -0.39 is 0 Å². The van der Waals surface area contributed by atoms with Crippen LogP contribution in [0.1, 0.15) is 31.6 Å². The Bertz CT molecular complexity index is 271. The number of rotatable bonds is 2. The molecule has 0 aromatic carbocycles. The number of likely N-dealkylation sites (tertiary alicyclic amines) is 1. The predicted molar refractivity (Wildman–Crippen MR) is 55.9 cm³/mol. The number of nitrogens with zero attached hydrogens (tertiary/aromatic N) is 1. The van der Waals surface area contributed by atoms with Gasteiger partial charge in [0.25, 0.3) is 0 Å². The second-order valence-corrected chi connectivity index (χ2v) is 4.09. The van der Waals surface area contributed by atoms with Crippen LogP contribution in [-0.4, -0.2) is 24.0 Å². The number of piperidine rings is 1.